The second-order valence-electron chi connectivity index (χ2n) is 6.38. The van der Waals surface area contributed by atoms with Crippen LogP contribution < -0.4 is 10.6 Å². The van der Waals surface area contributed by atoms with E-state index in [-0.39, 0.29) is 36.4 Å². The largest absolute Gasteiger partial charge is 0.356 e. The zero-order chi connectivity index (χ0) is 18.2. The molecule has 0 aromatic heterocycles. The summed E-state index contributed by atoms with van der Waals surface area (Å²) in [5, 5.41) is 6.80. The summed E-state index contributed by atoms with van der Waals surface area (Å²) in [5.41, 5.74) is 0. The van der Waals surface area contributed by atoms with Crippen molar-refractivity contribution in [2.75, 3.05) is 45.7 Å². The predicted octanol–water partition coefficient (Wildman–Crippen LogP) is 3.59. The van der Waals surface area contributed by atoms with Gasteiger partial charge in [-0.1, -0.05) is 33.1 Å². The number of unbranched alkanes of at least 4 members (excludes halogenated alkanes) is 2. The first kappa shape index (κ1) is 27.0. The summed E-state index contributed by atoms with van der Waals surface area (Å²) in [7, 11) is 3.53. The van der Waals surface area contributed by atoms with Crippen LogP contribution in [0, 0.1) is 5.92 Å². The van der Waals surface area contributed by atoms with Crippen LogP contribution in [0.2, 0.25) is 0 Å². The first-order valence-electron chi connectivity index (χ1n) is 9.26. The van der Waals surface area contributed by atoms with E-state index in [0.717, 1.165) is 25.5 Å². The van der Waals surface area contributed by atoms with Crippen LogP contribution >= 0.6 is 35.7 Å². The molecule has 5 nitrogen and oxygen atoms in total. The number of hydrogen-bond acceptors (Lipinski definition) is 3. The molecule has 0 spiro atoms. The van der Waals surface area contributed by atoms with Gasteiger partial charge in [-0.2, -0.15) is 11.8 Å². The molecule has 2 N–H and O–H groups in total. The van der Waals surface area contributed by atoms with Crippen molar-refractivity contribution in [3.63, 3.8) is 0 Å². The van der Waals surface area contributed by atoms with E-state index >= 15 is 0 Å². The summed E-state index contributed by atoms with van der Waals surface area (Å²) in [6.45, 7) is 6.48. The van der Waals surface area contributed by atoms with Crippen molar-refractivity contribution in [1.29, 1.82) is 0 Å². The highest BCUT2D eigenvalue weighted by Gasteiger charge is 2.08. The molecular weight excluding hydrogens is 447 g/mol. The monoisotopic (exact) mass is 486 g/mol. The highest BCUT2D eigenvalue weighted by molar-refractivity contribution is 14.0. The molecule has 0 fully saturated rings. The number of carbonyl (C=O) groups is 1. The third-order valence-corrected chi connectivity index (χ3v) is 4.74. The average Bonchev–Trinajstić information content (AvgIpc) is 2.58. The van der Waals surface area contributed by atoms with Gasteiger partial charge in [0.25, 0.3) is 0 Å². The molecular formula is C18H39IN4OS. The summed E-state index contributed by atoms with van der Waals surface area (Å²) >= 11 is 1.88. The molecule has 0 aromatic carbocycles. The van der Waals surface area contributed by atoms with E-state index in [2.05, 4.69) is 35.7 Å². The van der Waals surface area contributed by atoms with Crippen molar-refractivity contribution in [2.45, 2.75) is 52.4 Å². The Labute approximate surface area is 176 Å². The van der Waals surface area contributed by atoms with Gasteiger partial charge in [0.15, 0.2) is 5.96 Å². The van der Waals surface area contributed by atoms with Gasteiger partial charge in [0.2, 0.25) is 5.91 Å². The third kappa shape index (κ3) is 15.8. The summed E-state index contributed by atoms with van der Waals surface area (Å²) in [4.78, 5) is 17.8. The van der Waals surface area contributed by atoms with Crippen LogP contribution in [-0.4, -0.2) is 62.5 Å². The number of nitrogens with zero attached hydrogens (tertiary/aromatic N) is 2. The number of likely N-dealkylation sites (N-methyl/N-ethyl adjacent to an activating group) is 1. The lowest BCUT2D eigenvalue weighted by Gasteiger charge is -2.18. The van der Waals surface area contributed by atoms with Crippen LogP contribution in [0.1, 0.15) is 52.4 Å². The SMILES string of the molecule is CCCCC(CC)CNC(=NCC(=O)N(C)C)NCCCCSC.I. The fourth-order valence-electron chi connectivity index (χ4n) is 2.22. The van der Waals surface area contributed by atoms with Crippen LogP contribution in [0.15, 0.2) is 4.99 Å². The summed E-state index contributed by atoms with van der Waals surface area (Å²) in [5.74, 6) is 2.65. The first-order valence-corrected chi connectivity index (χ1v) is 10.7. The average molecular weight is 487 g/mol. The maximum absolute atomic E-state index is 11.8. The van der Waals surface area contributed by atoms with Crippen LogP contribution in [0.5, 0.6) is 0 Å². The highest BCUT2D eigenvalue weighted by Crippen LogP contribution is 2.11. The van der Waals surface area contributed by atoms with Gasteiger partial charge in [-0.25, -0.2) is 4.99 Å². The Balaban J connectivity index is 0. The molecule has 0 radical (unpaired) electrons. The lowest BCUT2D eigenvalue weighted by atomic mass is 9.99. The van der Waals surface area contributed by atoms with Crippen molar-refractivity contribution >= 4 is 47.6 Å². The molecule has 0 saturated carbocycles. The Morgan fingerprint density at radius 1 is 1.16 bits per heavy atom. The molecule has 150 valence electrons. The Morgan fingerprint density at radius 2 is 1.88 bits per heavy atom. The molecule has 7 heteroatoms. The molecule has 1 amide bonds. The second kappa shape index (κ2) is 18.6. The molecule has 1 atom stereocenters. The molecule has 0 saturated heterocycles. The van der Waals surface area contributed by atoms with Gasteiger partial charge in [-0.15, -0.1) is 24.0 Å². The van der Waals surface area contributed by atoms with Gasteiger partial charge < -0.3 is 15.5 Å². The molecule has 25 heavy (non-hydrogen) atoms. The topological polar surface area (TPSA) is 56.7 Å². The predicted molar refractivity (Wildman–Crippen MR) is 123 cm³/mol. The van der Waals surface area contributed by atoms with Crippen molar-refractivity contribution in [3.05, 3.63) is 0 Å². The van der Waals surface area contributed by atoms with Crippen LogP contribution in [0.4, 0.5) is 0 Å². The minimum Gasteiger partial charge on any atom is -0.356 e. The number of carbonyl (C=O) groups excluding carboxylic acids is 1. The smallest absolute Gasteiger partial charge is 0.243 e. The van der Waals surface area contributed by atoms with E-state index in [4.69, 9.17) is 0 Å². The third-order valence-electron chi connectivity index (χ3n) is 4.04. The van der Waals surface area contributed by atoms with Crippen LogP contribution in [0.25, 0.3) is 0 Å². The zero-order valence-electron chi connectivity index (χ0n) is 16.8. The van der Waals surface area contributed by atoms with Crippen molar-refractivity contribution in [1.82, 2.24) is 15.5 Å². The minimum atomic E-state index is 0. The normalized spacial score (nSPS) is 12.3. The van der Waals surface area contributed by atoms with E-state index < -0.39 is 0 Å². The number of nitrogens with one attached hydrogen (secondary N) is 2. The number of aliphatic imine (C=N–C) groups is 1. The van der Waals surface area contributed by atoms with Crippen LogP contribution in [-0.2, 0) is 4.79 Å². The van der Waals surface area contributed by atoms with Gasteiger partial charge >= 0.3 is 0 Å². The fraction of sp³-hybridized carbons (Fsp3) is 0.889. The van der Waals surface area contributed by atoms with Crippen molar-refractivity contribution in [3.8, 4) is 0 Å². The molecule has 0 aliphatic heterocycles. The quantitative estimate of drug-likeness (QED) is 0.181. The fourth-order valence-corrected chi connectivity index (χ4v) is 2.72. The van der Waals surface area contributed by atoms with E-state index in [0.29, 0.717) is 5.92 Å². The Hall–Kier alpha value is -0.180. The number of amides is 1. The standard InChI is InChI=1S/C18H38N4OS.HI/c1-6-8-11-16(7-2)14-20-18(19-12-9-10-13-24-5)21-15-17(23)22(3)4;/h16H,6-15H2,1-5H3,(H2,19,20,21);1H. The Kier molecular flexibility index (Phi) is 20.1. The lowest BCUT2D eigenvalue weighted by molar-refractivity contribution is -0.127. The first-order chi connectivity index (χ1) is 11.5. The lowest BCUT2D eigenvalue weighted by Crippen LogP contribution is -2.41. The minimum absolute atomic E-state index is 0. The molecule has 0 rings (SSSR count). The van der Waals surface area contributed by atoms with E-state index in [9.17, 15) is 4.79 Å². The number of thioether (sulfide) groups is 1. The molecule has 0 aliphatic rings. The molecule has 0 heterocycles. The number of hydrogen-bond donors (Lipinski definition) is 2. The van der Waals surface area contributed by atoms with Crippen molar-refractivity contribution in [2.24, 2.45) is 10.9 Å². The molecule has 0 aromatic rings. The van der Waals surface area contributed by atoms with E-state index in [1.54, 1.807) is 19.0 Å². The molecule has 1 unspecified atom stereocenters. The van der Waals surface area contributed by atoms with Gasteiger partial charge in [-0.3, -0.25) is 4.79 Å². The molecule has 0 aliphatic carbocycles. The maximum atomic E-state index is 11.8. The second-order valence-corrected chi connectivity index (χ2v) is 7.36. The summed E-state index contributed by atoms with van der Waals surface area (Å²) in [6.07, 6.45) is 9.39. The summed E-state index contributed by atoms with van der Waals surface area (Å²) < 4.78 is 0. The Morgan fingerprint density at radius 3 is 2.44 bits per heavy atom. The molecule has 0 bridgehead atoms. The zero-order valence-corrected chi connectivity index (χ0v) is 19.9. The number of halogens is 1. The van der Waals surface area contributed by atoms with Gasteiger partial charge in [-0.05, 0) is 37.2 Å². The van der Waals surface area contributed by atoms with Gasteiger partial charge in [0.05, 0.1) is 0 Å². The highest BCUT2D eigenvalue weighted by atomic mass is 127. The number of guanidine groups is 1. The van der Waals surface area contributed by atoms with E-state index in [1.807, 2.05) is 11.8 Å². The maximum Gasteiger partial charge on any atom is 0.243 e. The van der Waals surface area contributed by atoms with E-state index in [1.165, 1.54) is 37.9 Å². The Bertz CT molecular complexity index is 354. The summed E-state index contributed by atoms with van der Waals surface area (Å²) in [6, 6.07) is 0. The van der Waals surface area contributed by atoms with Crippen molar-refractivity contribution < 1.29 is 4.79 Å². The number of rotatable bonds is 13. The van der Waals surface area contributed by atoms with Gasteiger partial charge in [0, 0.05) is 27.2 Å². The van der Waals surface area contributed by atoms with Gasteiger partial charge in [0.1, 0.15) is 6.54 Å². The van der Waals surface area contributed by atoms with Crippen LogP contribution in [0.3, 0.4) is 0 Å².